The topological polar surface area (TPSA) is 59.5 Å². The lowest BCUT2D eigenvalue weighted by Crippen LogP contribution is -2.32. The van der Waals surface area contributed by atoms with Crippen LogP contribution in [0.3, 0.4) is 0 Å². The van der Waals surface area contributed by atoms with Gasteiger partial charge in [0.1, 0.15) is 0 Å². The van der Waals surface area contributed by atoms with E-state index in [0.29, 0.717) is 12.1 Å². The van der Waals surface area contributed by atoms with Gasteiger partial charge in [-0.25, -0.2) is 9.78 Å². The van der Waals surface area contributed by atoms with Crippen molar-refractivity contribution in [1.29, 1.82) is 0 Å². The van der Waals surface area contributed by atoms with E-state index < -0.39 is 5.97 Å². The summed E-state index contributed by atoms with van der Waals surface area (Å²) in [5.41, 5.74) is 1.87. The molecule has 0 saturated heterocycles. The van der Waals surface area contributed by atoms with E-state index in [1.165, 1.54) is 0 Å². The van der Waals surface area contributed by atoms with Gasteiger partial charge in [0.25, 0.3) is 5.91 Å². The first-order valence-electron chi connectivity index (χ1n) is 8.95. The van der Waals surface area contributed by atoms with Gasteiger partial charge in [0.2, 0.25) is 0 Å². The maximum absolute atomic E-state index is 12.7. The molecule has 0 saturated carbocycles. The highest BCUT2D eigenvalue weighted by Crippen LogP contribution is 2.28. The van der Waals surface area contributed by atoms with Gasteiger partial charge >= 0.3 is 5.97 Å². The molecule has 5 nitrogen and oxygen atoms in total. The predicted molar refractivity (Wildman–Crippen MR) is 108 cm³/mol. The van der Waals surface area contributed by atoms with Crippen LogP contribution in [0.25, 0.3) is 21.5 Å². The smallest absolute Gasteiger partial charge is 0.339 e. The van der Waals surface area contributed by atoms with Crippen LogP contribution in [-0.4, -0.2) is 42.0 Å². The summed E-state index contributed by atoms with van der Waals surface area (Å²) in [5, 5.41) is 2.68. The second-order valence-electron chi connectivity index (χ2n) is 6.29. The van der Waals surface area contributed by atoms with Crippen molar-refractivity contribution < 1.29 is 14.3 Å². The number of nitrogens with zero attached hydrogens (tertiary/aromatic N) is 2. The van der Waals surface area contributed by atoms with Crippen LogP contribution in [0.4, 0.5) is 0 Å². The number of thiophene rings is 1. The normalized spacial score (nSPS) is 10.7. The minimum atomic E-state index is -0.511. The molecule has 0 spiro atoms. The Hall–Kier alpha value is -2.73. The SMILES string of the molecule is CCCCN(C)C(=O)COC(=O)c1cc(-c2cccs2)nc2ccccc12. The molecule has 0 radical (unpaired) electrons. The lowest BCUT2D eigenvalue weighted by Gasteiger charge is -2.16. The van der Waals surface area contributed by atoms with Crippen LogP contribution in [0.5, 0.6) is 0 Å². The largest absolute Gasteiger partial charge is 0.452 e. The number of carbonyl (C=O) groups excluding carboxylic acids is 2. The third-order valence-electron chi connectivity index (χ3n) is 4.31. The summed E-state index contributed by atoms with van der Waals surface area (Å²) in [4.78, 5) is 32.1. The number of carbonyl (C=O) groups is 2. The molecule has 3 rings (SSSR count). The van der Waals surface area contributed by atoms with E-state index in [-0.39, 0.29) is 12.5 Å². The Balaban J connectivity index is 1.82. The second-order valence-corrected chi connectivity index (χ2v) is 7.24. The lowest BCUT2D eigenvalue weighted by molar-refractivity contribution is -0.133. The molecule has 6 heteroatoms. The molecule has 0 fully saturated rings. The molecule has 0 aliphatic rings. The van der Waals surface area contributed by atoms with Crippen molar-refractivity contribution >= 4 is 34.1 Å². The Morgan fingerprint density at radius 3 is 2.74 bits per heavy atom. The number of hydrogen-bond acceptors (Lipinski definition) is 5. The highest BCUT2D eigenvalue weighted by atomic mass is 32.1. The number of rotatable bonds is 7. The molecule has 2 aromatic heterocycles. The molecule has 0 unspecified atom stereocenters. The molecule has 0 N–H and O–H groups in total. The molecule has 27 heavy (non-hydrogen) atoms. The molecule has 2 heterocycles. The van der Waals surface area contributed by atoms with Crippen molar-refractivity contribution in [3.63, 3.8) is 0 Å². The van der Waals surface area contributed by atoms with Gasteiger partial charge in [0, 0.05) is 19.0 Å². The summed E-state index contributed by atoms with van der Waals surface area (Å²) < 4.78 is 5.32. The second kappa shape index (κ2) is 8.77. The molecular weight excluding hydrogens is 360 g/mol. The summed E-state index contributed by atoms with van der Waals surface area (Å²) in [6.45, 7) is 2.47. The van der Waals surface area contributed by atoms with E-state index in [1.54, 1.807) is 29.4 Å². The van der Waals surface area contributed by atoms with Crippen LogP contribution in [0.2, 0.25) is 0 Å². The minimum absolute atomic E-state index is 0.200. The number of benzene rings is 1. The molecule has 0 bridgehead atoms. The molecule has 1 amide bonds. The van der Waals surface area contributed by atoms with Gasteiger partial charge in [-0.1, -0.05) is 37.6 Å². The van der Waals surface area contributed by atoms with Crippen LogP contribution in [0, 0.1) is 0 Å². The van der Waals surface area contributed by atoms with Gasteiger partial charge in [-0.15, -0.1) is 11.3 Å². The van der Waals surface area contributed by atoms with Crippen molar-refractivity contribution in [2.24, 2.45) is 0 Å². The molecule has 3 aromatic rings. The highest BCUT2D eigenvalue weighted by molar-refractivity contribution is 7.13. The average Bonchev–Trinajstić information content (AvgIpc) is 3.23. The van der Waals surface area contributed by atoms with Gasteiger partial charge < -0.3 is 9.64 Å². The number of unbranched alkanes of at least 4 members (excludes halogenated alkanes) is 1. The Kier molecular flexibility index (Phi) is 6.19. The summed E-state index contributed by atoms with van der Waals surface area (Å²) >= 11 is 1.56. The van der Waals surface area contributed by atoms with Crippen molar-refractivity contribution in [3.8, 4) is 10.6 Å². The average molecular weight is 382 g/mol. The number of ether oxygens (including phenoxy) is 1. The minimum Gasteiger partial charge on any atom is -0.452 e. The molecular formula is C21H22N2O3S. The zero-order valence-electron chi connectivity index (χ0n) is 15.5. The fraction of sp³-hybridized carbons (Fsp3) is 0.286. The predicted octanol–water partition coefficient (Wildman–Crippen LogP) is 4.38. The highest BCUT2D eigenvalue weighted by Gasteiger charge is 2.18. The number of hydrogen-bond donors (Lipinski definition) is 0. The zero-order valence-corrected chi connectivity index (χ0v) is 16.3. The molecule has 0 aliphatic heterocycles. The summed E-state index contributed by atoms with van der Waals surface area (Å²) in [5.74, 6) is -0.711. The van der Waals surface area contributed by atoms with E-state index >= 15 is 0 Å². The number of amides is 1. The Bertz CT molecular complexity index is 938. The van der Waals surface area contributed by atoms with Crippen LogP contribution < -0.4 is 0 Å². The first-order chi connectivity index (χ1) is 13.1. The fourth-order valence-corrected chi connectivity index (χ4v) is 3.42. The number of likely N-dealkylation sites (N-methyl/N-ethyl adjacent to an activating group) is 1. The standard InChI is InChI=1S/C21H22N2O3S/c1-3-4-11-23(2)20(24)14-26-21(25)16-13-18(19-10-7-12-27-19)22-17-9-6-5-8-15(16)17/h5-10,12-13H,3-4,11,14H2,1-2H3. The molecule has 0 aliphatic carbocycles. The van der Waals surface area contributed by atoms with E-state index in [1.807, 2.05) is 41.8 Å². The van der Waals surface area contributed by atoms with Gasteiger partial charge in [0.15, 0.2) is 6.61 Å². The summed E-state index contributed by atoms with van der Waals surface area (Å²) in [6.07, 6.45) is 1.93. The van der Waals surface area contributed by atoms with Crippen LogP contribution in [0.15, 0.2) is 47.8 Å². The first kappa shape index (κ1) is 19.0. The number of esters is 1. The Labute approximate surface area is 162 Å². The number of aromatic nitrogens is 1. The van der Waals surface area contributed by atoms with Crippen molar-refractivity contribution in [2.75, 3.05) is 20.2 Å². The number of fused-ring (bicyclic) bond motifs is 1. The van der Waals surface area contributed by atoms with Crippen LogP contribution >= 0.6 is 11.3 Å². The van der Waals surface area contributed by atoms with Gasteiger partial charge in [-0.2, -0.15) is 0 Å². The number of pyridine rings is 1. The molecule has 1 aromatic carbocycles. The van der Waals surface area contributed by atoms with Crippen LogP contribution in [0.1, 0.15) is 30.1 Å². The van der Waals surface area contributed by atoms with Gasteiger partial charge in [0.05, 0.1) is 21.7 Å². The third kappa shape index (κ3) is 4.52. The number of para-hydroxylation sites is 1. The molecule has 140 valence electrons. The van der Waals surface area contributed by atoms with E-state index in [9.17, 15) is 9.59 Å². The quantitative estimate of drug-likeness (QED) is 0.569. The zero-order chi connectivity index (χ0) is 19.2. The van der Waals surface area contributed by atoms with Gasteiger partial charge in [-0.3, -0.25) is 4.79 Å². The van der Waals surface area contributed by atoms with E-state index in [4.69, 9.17) is 4.74 Å². The summed E-state index contributed by atoms with van der Waals surface area (Å²) in [6, 6.07) is 13.1. The monoisotopic (exact) mass is 382 g/mol. The van der Waals surface area contributed by atoms with Crippen molar-refractivity contribution in [1.82, 2.24) is 9.88 Å². The third-order valence-corrected chi connectivity index (χ3v) is 5.20. The summed E-state index contributed by atoms with van der Waals surface area (Å²) in [7, 11) is 1.72. The Morgan fingerprint density at radius 2 is 2.00 bits per heavy atom. The molecule has 0 atom stereocenters. The van der Waals surface area contributed by atoms with Gasteiger partial charge in [-0.05, 0) is 30.0 Å². The first-order valence-corrected chi connectivity index (χ1v) is 9.83. The van der Waals surface area contributed by atoms with E-state index in [0.717, 1.165) is 34.3 Å². The lowest BCUT2D eigenvalue weighted by atomic mass is 10.1. The maximum Gasteiger partial charge on any atom is 0.339 e. The van der Waals surface area contributed by atoms with E-state index in [2.05, 4.69) is 11.9 Å². The fourth-order valence-electron chi connectivity index (χ4n) is 2.73. The Morgan fingerprint density at radius 1 is 1.19 bits per heavy atom. The maximum atomic E-state index is 12.7. The van der Waals surface area contributed by atoms with Crippen molar-refractivity contribution in [3.05, 3.63) is 53.4 Å². The van der Waals surface area contributed by atoms with Crippen molar-refractivity contribution in [2.45, 2.75) is 19.8 Å². The van der Waals surface area contributed by atoms with Crippen LogP contribution in [-0.2, 0) is 9.53 Å².